The van der Waals surface area contributed by atoms with Crippen molar-refractivity contribution < 1.29 is 18.7 Å². The van der Waals surface area contributed by atoms with E-state index in [-0.39, 0.29) is 0 Å². The molecule has 1 aromatic heterocycles. The standard InChI is InChI=1S/C21H18O5/c1-3-24-18-7-5-4-6-15(18)8-11-20(22)25-16-9-10-17-14(2)12-21(23)26-19(17)13-16/h4-13H,3H2,1-2H3/b11-8+. The number of esters is 1. The minimum absolute atomic E-state index is 0.305. The van der Waals surface area contributed by atoms with E-state index in [1.807, 2.05) is 38.1 Å². The van der Waals surface area contributed by atoms with Gasteiger partial charge in [0, 0.05) is 29.2 Å². The van der Waals surface area contributed by atoms with Crippen LogP contribution in [-0.2, 0) is 4.79 Å². The van der Waals surface area contributed by atoms with Crippen molar-refractivity contribution in [3.63, 3.8) is 0 Å². The molecule has 0 aliphatic heterocycles. The lowest BCUT2D eigenvalue weighted by atomic mass is 10.1. The fourth-order valence-corrected chi connectivity index (χ4v) is 2.58. The molecule has 0 bridgehead atoms. The third-order valence-electron chi connectivity index (χ3n) is 3.76. The van der Waals surface area contributed by atoms with Crippen LogP contribution in [0.25, 0.3) is 17.0 Å². The van der Waals surface area contributed by atoms with Gasteiger partial charge in [0.25, 0.3) is 0 Å². The number of hydrogen-bond acceptors (Lipinski definition) is 5. The number of hydrogen-bond donors (Lipinski definition) is 0. The van der Waals surface area contributed by atoms with Crippen molar-refractivity contribution in [1.82, 2.24) is 0 Å². The van der Waals surface area contributed by atoms with E-state index in [0.29, 0.717) is 23.7 Å². The highest BCUT2D eigenvalue weighted by Gasteiger charge is 2.07. The average molecular weight is 350 g/mol. The van der Waals surface area contributed by atoms with E-state index in [2.05, 4.69) is 0 Å². The van der Waals surface area contributed by atoms with E-state index >= 15 is 0 Å². The molecule has 0 atom stereocenters. The Morgan fingerprint density at radius 1 is 1.15 bits per heavy atom. The second kappa shape index (κ2) is 7.70. The molecule has 26 heavy (non-hydrogen) atoms. The number of aryl methyl sites for hydroxylation is 1. The van der Waals surface area contributed by atoms with Gasteiger partial charge in [-0.3, -0.25) is 0 Å². The lowest BCUT2D eigenvalue weighted by Gasteiger charge is -2.06. The molecule has 0 saturated carbocycles. The van der Waals surface area contributed by atoms with Gasteiger partial charge in [-0.15, -0.1) is 0 Å². The molecule has 0 fully saturated rings. The minimum Gasteiger partial charge on any atom is -0.493 e. The summed E-state index contributed by atoms with van der Waals surface area (Å²) in [5.74, 6) is 0.464. The summed E-state index contributed by atoms with van der Waals surface area (Å²) < 4.78 is 16.0. The first-order valence-electron chi connectivity index (χ1n) is 8.23. The van der Waals surface area contributed by atoms with Crippen LogP contribution in [0.2, 0.25) is 0 Å². The average Bonchev–Trinajstić information content (AvgIpc) is 2.61. The van der Waals surface area contributed by atoms with Crippen LogP contribution in [0.15, 0.2) is 63.8 Å². The summed E-state index contributed by atoms with van der Waals surface area (Å²) >= 11 is 0. The molecule has 5 nitrogen and oxygen atoms in total. The molecule has 132 valence electrons. The van der Waals surface area contributed by atoms with Crippen molar-refractivity contribution in [3.8, 4) is 11.5 Å². The van der Waals surface area contributed by atoms with Crippen LogP contribution in [0.1, 0.15) is 18.1 Å². The summed E-state index contributed by atoms with van der Waals surface area (Å²) in [6.07, 6.45) is 2.97. The van der Waals surface area contributed by atoms with Crippen LogP contribution >= 0.6 is 0 Å². The van der Waals surface area contributed by atoms with Crippen LogP contribution in [0.4, 0.5) is 0 Å². The van der Waals surface area contributed by atoms with Crippen LogP contribution < -0.4 is 15.1 Å². The molecule has 3 rings (SSSR count). The first-order valence-corrected chi connectivity index (χ1v) is 8.23. The van der Waals surface area contributed by atoms with Gasteiger partial charge in [-0.1, -0.05) is 18.2 Å². The van der Waals surface area contributed by atoms with Crippen LogP contribution in [0.5, 0.6) is 11.5 Å². The molecule has 1 heterocycles. The van der Waals surface area contributed by atoms with Crippen molar-refractivity contribution in [2.24, 2.45) is 0 Å². The molecule has 0 radical (unpaired) electrons. The largest absolute Gasteiger partial charge is 0.493 e. The van der Waals surface area contributed by atoms with Crippen LogP contribution in [0.3, 0.4) is 0 Å². The predicted octanol–water partition coefficient (Wildman–Crippen LogP) is 4.12. The summed E-state index contributed by atoms with van der Waals surface area (Å²) in [6, 6.07) is 13.8. The molecule has 3 aromatic rings. The van der Waals surface area contributed by atoms with Gasteiger partial charge >= 0.3 is 11.6 Å². The number of rotatable bonds is 5. The van der Waals surface area contributed by atoms with Crippen molar-refractivity contribution in [1.29, 1.82) is 0 Å². The Morgan fingerprint density at radius 2 is 1.96 bits per heavy atom. The Balaban J connectivity index is 1.78. The van der Waals surface area contributed by atoms with Gasteiger partial charge in [0.2, 0.25) is 0 Å². The van der Waals surface area contributed by atoms with E-state index < -0.39 is 11.6 Å². The fourth-order valence-electron chi connectivity index (χ4n) is 2.58. The zero-order chi connectivity index (χ0) is 18.5. The summed E-state index contributed by atoms with van der Waals surface area (Å²) in [5, 5.41) is 0.797. The molecule has 0 spiro atoms. The summed E-state index contributed by atoms with van der Waals surface area (Å²) in [6.45, 7) is 4.26. The lowest BCUT2D eigenvalue weighted by Crippen LogP contribution is -2.04. The number of ether oxygens (including phenoxy) is 2. The van der Waals surface area contributed by atoms with Gasteiger partial charge in [-0.25, -0.2) is 9.59 Å². The smallest absolute Gasteiger partial charge is 0.336 e. The summed E-state index contributed by atoms with van der Waals surface area (Å²) in [7, 11) is 0. The highest BCUT2D eigenvalue weighted by Crippen LogP contribution is 2.23. The summed E-state index contributed by atoms with van der Waals surface area (Å²) in [5.41, 5.74) is 1.53. The normalized spacial score (nSPS) is 11.0. The van der Waals surface area contributed by atoms with Gasteiger partial charge in [0.1, 0.15) is 17.1 Å². The summed E-state index contributed by atoms with van der Waals surface area (Å²) in [4.78, 5) is 23.6. The van der Waals surface area contributed by atoms with Gasteiger partial charge in [0.15, 0.2) is 0 Å². The molecular weight excluding hydrogens is 332 g/mol. The highest BCUT2D eigenvalue weighted by atomic mass is 16.5. The van der Waals surface area contributed by atoms with E-state index in [4.69, 9.17) is 13.9 Å². The zero-order valence-corrected chi connectivity index (χ0v) is 14.5. The molecule has 5 heteroatoms. The topological polar surface area (TPSA) is 65.7 Å². The van der Waals surface area contributed by atoms with Gasteiger partial charge in [-0.05, 0) is 43.7 Å². The van der Waals surface area contributed by atoms with Gasteiger partial charge in [-0.2, -0.15) is 0 Å². The minimum atomic E-state index is -0.536. The molecule has 0 saturated heterocycles. The van der Waals surface area contributed by atoms with Gasteiger partial charge < -0.3 is 13.9 Å². The van der Waals surface area contributed by atoms with Crippen molar-refractivity contribution in [3.05, 3.63) is 76.2 Å². The van der Waals surface area contributed by atoms with Crippen molar-refractivity contribution in [2.45, 2.75) is 13.8 Å². The third-order valence-corrected chi connectivity index (χ3v) is 3.76. The molecule has 0 amide bonds. The Labute approximate surface area is 150 Å². The fraction of sp³-hybridized carbons (Fsp3) is 0.143. The zero-order valence-electron chi connectivity index (χ0n) is 14.5. The SMILES string of the molecule is CCOc1ccccc1/C=C/C(=O)Oc1ccc2c(C)cc(=O)oc2c1. The molecule has 0 N–H and O–H groups in total. The molecule has 0 aliphatic carbocycles. The van der Waals surface area contributed by atoms with Gasteiger partial charge in [0.05, 0.1) is 6.61 Å². The Morgan fingerprint density at radius 3 is 2.77 bits per heavy atom. The number of fused-ring (bicyclic) bond motifs is 1. The Kier molecular flexibility index (Phi) is 5.17. The van der Waals surface area contributed by atoms with E-state index in [0.717, 1.165) is 16.5 Å². The maximum Gasteiger partial charge on any atom is 0.336 e. The molecular formula is C21H18O5. The van der Waals surface area contributed by atoms with E-state index in [1.54, 1.807) is 18.2 Å². The number of benzene rings is 2. The van der Waals surface area contributed by atoms with Crippen LogP contribution in [0, 0.1) is 6.92 Å². The van der Waals surface area contributed by atoms with Crippen molar-refractivity contribution in [2.75, 3.05) is 6.61 Å². The Hall–Kier alpha value is -3.34. The first kappa shape index (κ1) is 17.5. The second-order valence-electron chi connectivity index (χ2n) is 5.63. The van der Waals surface area contributed by atoms with Crippen LogP contribution in [-0.4, -0.2) is 12.6 Å². The molecule has 0 aliphatic rings. The Bertz CT molecular complexity index is 1030. The maximum atomic E-state index is 12.1. The quantitative estimate of drug-likeness (QED) is 0.300. The third kappa shape index (κ3) is 4.00. The maximum absolute atomic E-state index is 12.1. The predicted molar refractivity (Wildman–Crippen MR) is 99.5 cm³/mol. The van der Waals surface area contributed by atoms with Crippen molar-refractivity contribution >= 4 is 23.0 Å². The number of carbonyl (C=O) groups is 1. The monoisotopic (exact) mass is 350 g/mol. The van der Waals surface area contributed by atoms with E-state index in [1.165, 1.54) is 18.2 Å². The molecule has 0 unspecified atom stereocenters. The molecule has 2 aromatic carbocycles. The number of carbonyl (C=O) groups excluding carboxylic acids is 1. The second-order valence-corrected chi connectivity index (χ2v) is 5.63. The number of para-hydroxylation sites is 1. The lowest BCUT2D eigenvalue weighted by molar-refractivity contribution is -0.128. The highest BCUT2D eigenvalue weighted by molar-refractivity contribution is 5.90. The first-order chi connectivity index (χ1) is 12.6. The van der Waals surface area contributed by atoms with E-state index in [9.17, 15) is 9.59 Å².